The van der Waals surface area contributed by atoms with Crippen LogP contribution in [0.25, 0.3) is 0 Å². The van der Waals surface area contributed by atoms with Gasteiger partial charge in [0.05, 0.1) is 32.0 Å². The Kier molecular flexibility index (Phi) is 4.24. The van der Waals surface area contributed by atoms with Gasteiger partial charge in [0.15, 0.2) is 0 Å². The van der Waals surface area contributed by atoms with E-state index in [-0.39, 0.29) is 18.8 Å². The number of aliphatic hydroxyl groups excluding tert-OH is 1. The van der Waals surface area contributed by atoms with Gasteiger partial charge >= 0.3 is 0 Å². The standard InChI is InChI=1S/C16H22O4/c1-18-15-5-3-2-4-14(15)16(10-17)20-13-8-11-6-7-12(9-13)19-11/h2-5,11-13,16-17H,6-10H2,1H3/t11-,12?,13-,16+/m0/s1. The minimum Gasteiger partial charge on any atom is -0.496 e. The monoisotopic (exact) mass is 278 g/mol. The van der Waals surface area contributed by atoms with Crippen molar-refractivity contribution in [2.45, 2.75) is 50.1 Å². The molecule has 0 radical (unpaired) electrons. The third-order valence-electron chi connectivity index (χ3n) is 4.26. The second-order valence-corrected chi connectivity index (χ2v) is 5.60. The van der Waals surface area contributed by atoms with Crippen LogP contribution in [0.1, 0.15) is 37.4 Å². The molecular weight excluding hydrogens is 256 g/mol. The van der Waals surface area contributed by atoms with Gasteiger partial charge in [0, 0.05) is 5.56 Å². The van der Waals surface area contributed by atoms with Gasteiger partial charge in [-0.25, -0.2) is 0 Å². The molecule has 0 aromatic heterocycles. The summed E-state index contributed by atoms with van der Waals surface area (Å²) in [7, 11) is 1.64. The molecule has 2 saturated heterocycles. The fourth-order valence-electron chi connectivity index (χ4n) is 3.30. The number of hydrogen-bond donors (Lipinski definition) is 1. The molecule has 1 aromatic rings. The third-order valence-corrected chi connectivity index (χ3v) is 4.26. The first-order chi connectivity index (χ1) is 9.80. The Balaban J connectivity index is 1.70. The number of fused-ring (bicyclic) bond motifs is 2. The number of ether oxygens (including phenoxy) is 3. The smallest absolute Gasteiger partial charge is 0.124 e. The maximum atomic E-state index is 9.67. The lowest BCUT2D eigenvalue weighted by Crippen LogP contribution is -2.32. The second-order valence-electron chi connectivity index (χ2n) is 5.60. The first kappa shape index (κ1) is 13.9. The number of methoxy groups -OCH3 is 1. The Morgan fingerprint density at radius 3 is 2.60 bits per heavy atom. The van der Waals surface area contributed by atoms with Crippen LogP contribution in [-0.2, 0) is 9.47 Å². The van der Waals surface area contributed by atoms with Gasteiger partial charge in [-0.15, -0.1) is 0 Å². The summed E-state index contributed by atoms with van der Waals surface area (Å²) < 4.78 is 17.3. The number of hydrogen-bond acceptors (Lipinski definition) is 4. The van der Waals surface area contributed by atoms with Crippen LogP contribution >= 0.6 is 0 Å². The molecule has 0 saturated carbocycles. The lowest BCUT2D eigenvalue weighted by molar-refractivity contribution is -0.115. The van der Waals surface area contributed by atoms with Gasteiger partial charge in [-0.2, -0.15) is 0 Å². The summed E-state index contributed by atoms with van der Waals surface area (Å²) in [5, 5.41) is 9.67. The normalized spacial score (nSPS) is 30.2. The average molecular weight is 278 g/mol. The molecule has 0 spiro atoms. The fraction of sp³-hybridized carbons (Fsp3) is 0.625. The molecule has 1 aromatic carbocycles. The van der Waals surface area contributed by atoms with Gasteiger partial charge in [-0.3, -0.25) is 0 Å². The molecule has 1 unspecified atom stereocenters. The quantitative estimate of drug-likeness (QED) is 0.899. The molecule has 0 amide bonds. The predicted octanol–water partition coefficient (Wildman–Crippen LogP) is 2.46. The highest BCUT2D eigenvalue weighted by molar-refractivity contribution is 5.35. The van der Waals surface area contributed by atoms with Crippen LogP contribution in [0.3, 0.4) is 0 Å². The molecule has 2 bridgehead atoms. The van der Waals surface area contributed by atoms with Crippen molar-refractivity contribution in [2.24, 2.45) is 0 Å². The second kappa shape index (κ2) is 6.12. The zero-order valence-electron chi connectivity index (χ0n) is 11.8. The van der Waals surface area contributed by atoms with E-state index in [2.05, 4.69) is 0 Å². The summed E-state index contributed by atoms with van der Waals surface area (Å²) >= 11 is 0. The molecule has 4 heteroatoms. The van der Waals surface area contributed by atoms with Crippen LogP contribution in [0.5, 0.6) is 5.75 Å². The lowest BCUT2D eigenvalue weighted by Gasteiger charge is -2.31. The van der Waals surface area contributed by atoms with E-state index in [4.69, 9.17) is 14.2 Å². The molecule has 2 heterocycles. The fourth-order valence-corrected chi connectivity index (χ4v) is 3.30. The van der Waals surface area contributed by atoms with Crippen molar-refractivity contribution in [3.05, 3.63) is 29.8 Å². The van der Waals surface area contributed by atoms with Crippen LogP contribution in [0.15, 0.2) is 24.3 Å². The largest absolute Gasteiger partial charge is 0.496 e. The molecule has 4 atom stereocenters. The Morgan fingerprint density at radius 2 is 1.95 bits per heavy atom. The Hall–Kier alpha value is -1.10. The molecule has 110 valence electrons. The SMILES string of the molecule is COc1ccccc1[C@@H](CO)O[C@@H]1CC2CC[C@@H](C1)O2. The molecule has 20 heavy (non-hydrogen) atoms. The molecule has 3 rings (SSSR count). The van der Waals surface area contributed by atoms with E-state index in [1.165, 1.54) is 0 Å². The van der Waals surface area contributed by atoms with E-state index in [1.54, 1.807) is 7.11 Å². The summed E-state index contributed by atoms with van der Waals surface area (Å²) in [6.45, 7) is -0.0347. The molecule has 2 aliphatic heterocycles. The third kappa shape index (κ3) is 2.82. The van der Waals surface area contributed by atoms with E-state index >= 15 is 0 Å². The first-order valence-corrected chi connectivity index (χ1v) is 7.35. The number of aliphatic hydroxyl groups is 1. The van der Waals surface area contributed by atoms with Crippen LogP contribution < -0.4 is 4.74 Å². The first-order valence-electron chi connectivity index (χ1n) is 7.35. The van der Waals surface area contributed by atoms with E-state index in [9.17, 15) is 5.11 Å². The van der Waals surface area contributed by atoms with Gasteiger partial charge in [0.2, 0.25) is 0 Å². The molecule has 2 aliphatic rings. The Labute approximate surface area is 119 Å². The summed E-state index contributed by atoms with van der Waals surface area (Å²) in [5.41, 5.74) is 0.913. The summed E-state index contributed by atoms with van der Waals surface area (Å²) in [5.74, 6) is 0.765. The molecule has 4 nitrogen and oxygen atoms in total. The van der Waals surface area contributed by atoms with Crippen LogP contribution in [0.4, 0.5) is 0 Å². The number of para-hydroxylation sites is 1. The average Bonchev–Trinajstić information content (AvgIpc) is 2.83. The van der Waals surface area contributed by atoms with Crippen molar-refractivity contribution in [1.29, 1.82) is 0 Å². The van der Waals surface area contributed by atoms with Crippen molar-refractivity contribution < 1.29 is 19.3 Å². The zero-order valence-corrected chi connectivity index (χ0v) is 11.8. The molecule has 0 aliphatic carbocycles. The molecule has 2 fully saturated rings. The van der Waals surface area contributed by atoms with Gasteiger partial charge < -0.3 is 19.3 Å². The highest BCUT2D eigenvalue weighted by atomic mass is 16.5. The van der Waals surface area contributed by atoms with Crippen molar-refractivity contribution in [3.63, 3.8) is 0 Å². The Bertz CT molecular complexity index is 436. The highest BCUT2D eigenvalue weighted by Crippen LogP contribution is 2.37. The summed E-state index contributed by atoms with van der Waals surface area (Å²) in [6.07, 6.45) is 4.68. The predicted molar refractivity (Wildman–Crippen MR) is 74.8 cm³/mol. The van der Waals surface area contributed by atoms with Crippen LogP contribution in [0.2, 0.25) is 0 Å². The van der Waals surface area contributed by atoms with Gasteiger partial charge in [-0.1, -0.05) is 18.2 Å². The van der Waals surface area contributed by atoms with Crippen LogP contribution in [0, 0.1) is 0 Å². The van der Waals surface area contributed by atoms with Crippen molar-refractivity contribution in [1.82, 2.24) is 0 Å². The van der Waals surface area contributed by atoms with Crippen molar-refractivity contribution in [3.8, 4) is 5.75 Å². The topological polar surface area (TPSA) is 47.9 Å². The maximum absolute atomic E-state index is 9.67. The van der Waals surface area contributed by atoms with Crippen LogP contribution in [-0.4, -0.2) is 37.1 Å². The number of benzene rings is 1. The van der Waals surface area contributed by atoms with E-state index in [1.807, 2.05) is 24.3 Å². The summed E-state index contributed by atoms with van der Waals surface area (Å²) in [4.78, 5) is 0. The lowest BCUT2D eigenvalue weighted by atomic mass is 10.0. The zero-order chi connectivity index (χ0) is 13.9. The minimum atomic E-state index is -0.325. The summed E-state index contributed by atoms with van der Waals surface area (Å²) in [6, 6.07) is 7.71. The minimum absolute atomic E-state index is 0.0347. The van der Waals surface area contributed by atoms with E-state index < -0.39 is 0 Å². The van der Waals surface area contributed by atoms with Gasteiger partial charge in [0.1, 0.15) is 11.9 Å². The van der Waals surface area contributed by atoms with Crippen molar-refractivity contribution >= 4 is 0 Å². The van der Waals surface area contributed by atoms with Gasteiger partial charge in [0.25, 0.3) is 0 Å². The highest BCUT2D eigenvalue weighted by Gasteiger charge is 2.36. The molecular formula is C16H22O4. The van der Waals surface area contributed by atoms with Crippen molar-refractivity contribution in [2.75, 3.05) is 13.7 Å². The maximum Gasteiger partial charge on any atom is 0.124 e. The van der Waals surface area contributed by atoms with Gasteiger partial charge in [-0.05, 0) is 31.7 Å². The van der Waals surface area contributed by atoms with E-state index in [0.29, 0.717) is 12.2 Å². The number of rotatable bonds is 5. The molecule has 1 N–H and O–H groups in total. The Morgan fingerprint density at radius 1 is 1.25 bits per heavy atom. The van der Waals surface area contributed by atoms with E-state index in [0.717, 1.165) is 37.0 Å².